The third-order valence-electron chi connectivity index (χ3n) is 20.3. The van der Waals surface area contributed by atoms with E-state index in [0.717, 1.165) is 0 Å². The summed E-state index contributed by atoms with van der Waals surface area (Å²) in [4.78, 5) is 55.3. The molecular weight excluding hydrogens is 1610 g/mol. The van der Waals surface area contributed by atoms with E-state index in [4.69, 9.17) is 43.6 Å². The van der Waals surface area contributed by atoms with Gasteiger partial charge in [0.2, 0.25) is 0 Å². The van der Waals surface area contributed by atoms with E-state index < -0.39 is 166 Å². The van der Waals surface area contributed by atoms with E-state index >= 15 is 0 Å². The number of esters is 4. The molecule has 6 atom stereocenters. The summed E-state index contributed by atoms with van der Waals surface area (Å²) in [6, 6.07) is 1.19. The fourth-order valence-electron chi connectivity index (χ4n) is 17.6. The van der Waals surface area contributed by atoms with Gasteiger partial charge >= 0.3 is 124 Å². The Morgan fingerprint density at radius 3 is 0.935 bits per heavy atom. The summed E-state index contributed by atoms with van der Waals surface area (Å²) in [5.74, 6) is -5.79. The molecule has 8 aliphatic carbocycles. The van der Waals surface area contributed by atoms with Crippen LogP contribution < -0.4 is 61.6 Å². The molecule has 0 radical (unpaired) electrons. The van der Waals surface area contributed by atoms with Crippen LogP contribution in [-0.4, -0.2) is 155 Å². The Balaban J connectivity index is 0.000000449. The van der Waals surface area contributed by atoms with Crippen LogP contribution in [0, 0.1) is 56.2 Å². The summed E-state index contributed by atoms with van der Waals surface area (Å²) in [7, 11) is -30.3. The fraction of sp³-hybridized carbons (Fsp3) is 0.912. The molecule has 0 amide bonds. The fourth-order valence-corrected chi connectivity index (χ4v) is 47.8. The summed E-state index contributed by atoms with van der Waals surface area (Å²) in [5, 5.41) is 26.4. The molecule has 0 saturated heterocycles. The molecule has 8 rings (SSSR count). The van der Waals surface area contributed by atoms with Crippen molar-refractivity contribution in [3.63, 3.8) is 0 Å². The number of ether oxygens (including phenoxy) is 4. The number of hydrogen-bond donors (Lipinski definition) is 0. The Morgan fingerprint density at radius 1 is 0.421 bits per heavy atom. The second-order valence-corrected chi connectivity index (χ2v) is 76.5. The van der Waals surface area contributed by atoms with Gasteiger partial charge in [-0.05, 0) is 310 Å². The van der Waals surface area contributed by atoms with Gasteiger partial charge in [-0.1, -0.05) is 13.8 Å². The van der Waals surface area contributed by atoms with Gasteiger partial charge in [0.15, 0.2) is 49.9 Å². The van der Waals surface area contributed by atoms with Crippen LogP contribution in [0.2, 0.25) is 130 Å². The van der Waals surface area contributed by atoms with E-state index in [-0.39, 0.29) is 152 Å². The van der Waals surface area contributed by atoms with Crippen molar-refractivity contribution in [2.45, 2.75) is 323 Å². The summed E-state index contributed by atoms with van der Waals surface area (Å²) in [6.07, 6.45) is 4.66. The number of rotatable bonds is 36. The van der Waals surface area contributed by atoms with Gasteiger partial charge in [-0.15, -0.1) is 0 Å². The molecule has 8 aliphatic rings. The quantitative estimate of drug-likeness (QED) is 0.0107. The van der Waals surface area contributed by atoms with E-state index in [0.29, 0.717) is 76.3 Å². The summed E-state index contributed by atoms with van der Waals surface area (Å²) in [5.41, 5.74) is -21.6. The predicted molar refractivity (Wildman–Crippen MR) is 409 cm³/mol. The first-order chi connectivity index (χ1) is 47.2. The van der Waals surface area contributed by atoms with Crippen LogP contribution in [0.15, 0.2) is 8.80 Å². The van der Waals surface area contributed by atoms with Crippen LogP contribution >= 0.6 is 0 Å². The normalized spacial score (nSPS) is 26.8. The Bertz CT molecular complexity index is 3350. The average molecular weight is 1730 g/mol. The summed E-state index contributed by atoms with van der Waals surface area (Å²) in [6.45, 7) is 53.3. The first kappa shape index (κ1) is 98.8. The van der Waals surface area contributed by atoms with Crippen molar-refractivity contribution < 1.29 is 168 Å². The molecular formula is C68H126F6KN2O20S2Si8-. The number of hydrogen-bond acceptors (Lipinski definition) is 20. The van der Waals surface area contributed by atoms with Gasteiger partial charge < -0.3 is 53.9 Å². The Hall–Kier alpha value is -0.569. The largest absolute Gasteiger partial charge is 1.00 e. The zero-order valence-electron chi connectivity index (χ0n) is 69.0. The number of carbonyl (C=O) groups is 4. The third-order valence-corrected chi connectivity index (χ3v) is 46.4. The van der Waals surface area contributed by atoms with Crippen molar-refractivity contribution in [3.05, 3.63) is 0 Å². The molecule has 0 heterocycles. The van der Waals surface area contributed by atoms with E-state index in [1.54, 1.807) is 27.7 Å². The van der Waals surface area contributed by atoms with E-state index in [1.807, 2.05) is 27.7 Å². The molecule has 0 N–H and O–H groups in total. The smallest absolute Gasteiger partial charge is 0.861 e. The van der Waals surface area contributed by atoms with Gasteiger partial charge in [0.25, 0.3) is 0 Å². The monoisotopic (exact) mass is 1730 g/mol. The second kappa shape index (κ2) is 34.2. The zero-order chi connectivity index (χ0) is 81.8. The minimum atomic E-state index is -6.09. The van der Waals surface area contributed by atoms with Crippen molar-refractivity contribution in [2.24, 2.45) is 65.0 Å². The number of halogens is 6. The van der Waals surface area contributed by atoms with E-state index in [1.165, 1.54) is 0 Å². The van der Waals surface area contributed by atoms with Gasteiger partial charge in [-0.2, -0.15) is 52.0 Å². The maximum atomic E-state index is 14.1. The molecule has 0 aromatic heterocycles. The zero-order valence-corrected chi connectivity index (χ0v) is 81.8. The van der Waals surface area contributed by atoms with Gasteiger partial charge in [0.05, 0.1) is 34.9 Å². The molecule has 8 saturated carbocycles. The first-order valence-electron chi connectivity index (χ1n) is 37.4. The Kier molecular flexibility index (Phi) is 31.6. The number of nitrogens with zero attached hydrogens (tertiary/aromatic N) is 2. The average Bonchev–Trinajstić information content (AvgIpc) is 0.720. The van der Waals surface area contributed by atoms with Crippen molar-refractivity contribution in [1.82, 2.24) is 0 Å². The maximum absolute atomic E-state index is 14.1. The van der Waals surface area contributed by atoms with Crippen LogP contribution in [0.4, 0.5) is 26.3 Å². The molecule has 0 aromatic rings. The van der Waals surface area contributed by atoms with E-state index in [9.17, 15) is 72.6 Å². The van der Waals surface area contributed by atoms with Crippen LogP contribution in [-0.2, 0) is 82.9 Å². The number of carbonyl (C=O) groups excluding carboxylic acids is 4. The van der Waals surface area contributed by atoms with E-state index in [2.05, 4.69) is 127 Å². The van der Waals surface area contributed by atoms with Crippen molar-refractivity contribution in [1.29, 1.82) is 0 Å². The molecule has 8 bridgehead atoms. The number of alkyl halides is 6. The Labute approximate surface area is 685 Å². The first-order valence-corrected chi connectivity index (χ1v) is 64.6. The van der Waals surface area contributed by atoms with Crippen LogP contribution in [0.5, 0.6) is 0 Å². The SMILES string of the molecule is CCC(C)(CC(C)(C)C(=O)OC12CC3CC(C1)CC(C([O-])=NS(=O)(=O)C(F)(F)F)(C3)C2)C(=O)OC12CC3CC(C1)CC(C([O-])=NS(=O)(=O)C(F)(F)F)(C3)C2.CCC(C)(CC(C)(C)C(=O)OCCC[Si](O[Si](C)(C)C)(O[Si](C)(C)C)O[Si](C)(C)C)C(=O)OCCC[Si](O[Si](C)(C)C)(O[Si](C)(C)C)O[Si](C)(C)C.[K+]. The van der Waals surface area contributed by atoms with Crippen molar-refractivity contribution in [2.75, 3.05) is 13.2 Å². The molecule has 0 aliphatic heterocycles. The molecule has 22 nitrogen and oxygen atoms in total. The molecule has 0 aromatic carbocycles. The standard InChI is InChI=1S/C34H46F6N2O10S2.C34H82O10Si8.K/c1-5-28(4,26(46)52-32-14-21-7-22(15-32)11-30(10-21,18-32)24(44)42-54(49,50)34(38,39)40)16-27(2,3)25(45)51-31-12-19-6-20(13-31)9-29(8-19,17-31)23(43)41-53(47,48)33(35,36)37;1-23-34(4,32(36)38-27-25-29-52(42-48(14,15)16,43-49(17,18)19)44-50(20,21)22)30-33(2,3)31(35)37-26-24-28-51(39-45(5,6)7,40-46(8,9)10)41-47(11,12)13;/h19-22H,5-18H2,1-4H3,(H,41,43)(H,42,44);23-30H2,1-22H3;/q;;+1/p-2. The third kappa shape index (κ3) is 27.3. The van der Waals surface area contributed by atoms with Crippen LogP contribution in [0.25, 0.3) is 0 Å². The Morgan fingerprint density at radius 2 is 0.673 bits per heavy atom. The maximum Gasteiger partial charge on any atom is 1.00 e. The summed E-state index contributed by atoms with van der Waals surface area (Å²) < 4.78 is 196. The molecule has 107 heavy (non-hydrogen) atoms. The van der Waals surface area contributed by atoms with Gasteiger partial charge in [0.1, 0.15) is 11.2 Å². The van der Waals surface area contributed by atoms with Crippen LogP contribution in [0.1, 0.15) is 171 Å². The summed E-state index contributed by atoms with van der Waals surface area (Å²) >= 11 is 0. The van der Waals surface area contributed by atoms with Crippen molar-refractivity contribution >= 4 is 123 Å². The molecule has 6 unspecified atom stereocenters. The van der Waals surface area contributed by atoms with Gasteiger partial charge in [-0.25, -0.2) is 0 Å². The molecule has 8 fully saturated rings. The van der Waals surface area contributed by atoms with Gasteiger partial charge in [0, 0.05) is 22.9 Å². The minimum Gasteiger partial charge on any atom is -0.861 e. The molecule has 616 valence electrons. The van der Waals surface area contributed by atoms with Crippen molar-refractivity contribution in [3.8, 4) is 0 Å². The molecule has 0 spiro atoms. The second-order valence-electron chi connectivity index (χ2n) is 39.3. The molecule has 39 heteroatoms. The van der Waals surface area contributed by atoms with Gasteiger partial charge in [-0.3, -0.25) is 19.2 Å². The topological polar surface area (TPSA) is 300 Å². The van der Waals surface area contributed by atoms with Crippen LogP contribution in [0.3, 0.4) is 0 Å². The minimum absolute atomic E-state index is 0. The predicted octanol–water partition coefficient (Wildman–Crippen LogP) is 12.5. The number of sulfonamides is 2.